The van der Waals surface area contributed by atoms with E-state index in [2.05, 4.69) is 10.6 Å². The Bertz CT molecular complexity index is 1800. The van der Waals surface area contributed by atoms with E-state index in [0.29, 0.717) is 17.3 Å². The summed E-state index contributed by atoms with van der Waals surface area (Å²) in [5.41, 5.74) is 1.03. The minimum absolute atomic E-state index is 0.0547. The third-order valence-corrected chi connectivity index (χ3v) is 7.61. The van der Waals surface area contributed by atoms with Crippen molar-refractivity contribution < 1.29 is 19.1 Å². The molecule has 1 saturated heterocycles. The van der Waals surface area contributed by atoms with E-state index in [-0.39, 0.29) is 29.7 Å². The van der Waals surface area contributed by atoms with Crippen molar-refractivity contribution in [1.82, 2.24) is 19.8 Å². The standard InChI is InChI=1S/C32H32ClN5O5/c1-19-14-15-25(20(2)18-19)43-17-9-16-37-27(34-23-12-7-5-10-21(23)29(37)40)26(38-30(41)32(3,4)36-31(38)42)28(39)35-24-13-8-6-11-22(24)33/h5-8,10-15,18,26H,9,16-17H2,1-4H3,(H,35,39)(H,36,42). The van der Waals surface area contributed by atoms with Crippen LogP contribution in [-0.2, 0) is 16.1 Å². The predicted molar refractivity (Wildman–Crippen MR) is 164 cm³/mol. The van der Waals surface area contributed by atoms with Crippen LogP contribution in [0.4, 0.5) is 10.5 Å². The van der Waals surface area contributed by atoms with Gasteiger partial charge >= 0.3 is 6.03 Å². The number of anilines is 1. The van der Waals surface area contributed by atoms with E-state index in [0.717, 1.165) is 21.8 Å². The van der Waals surface area contributed by atoms with E-state index in [1.54, 1.807) is 62.4 Å². The van der Waals surface area contributed by atoms with Gasteiger partial charge in [-0.3, -0.25) is 19.0 Å². The molecule has 10 nitrogen and oxygen atoms in total. The Morgan fingerprint density at radius 3 is 2.47 bits per heavy atom. The molecule has 0 spiro atoms. The second-order valence-electron chi connectivity index (χ2n) is 11.0. The average Bonchev–Trinajstić information content (AvgIpc) is 3.16. The first-order chi connectivity index (χ1) is 20.5. The molecule has 4 aromatic rings. The molecule has 5 rings (SSSR count). The van der Waals surface area contributed by atoms with E-state index in [4.69, 9.17) is 21.3 Å². The molecule has 2 heterocycles. The number of ether oxygens (including phenoxy) is 1. The molecule has 1 fully saturated rings. The van der Waals surface area contributed by atoms with Crippen molar-refractivity contribution in [1.29, 1.82) is 0 Å². The number of halogens is 1. The number of nitrogens with zero attached hydrogens (tertiary/aromatic N) is 3. The van der Waals surface area contributed by atoms with Crippen LogP contribution < -0.4 is 20.9 Å². The number of benzene rings is 3. The number of nitrogens with one attached hydrogen (secondary N) is 2. The van der Waals surface area contributed by atoms with Gasteiger partial charge in [0.05, 0.1) is 28.2 Å². The molecule has 0 bridgehead atoms. The van der Waals surface area contributed by atoms with Gasteiger partial charge in [-0.05, 0) is 70.0 Å². The number of rotatable bonds is 9. The van der Waals surface area contributed by atoms with Crippen LogP contribution in [0.5, 0.6) is 5.75 Å². The molecule has 0 radical (unpaired) electrons. The number of urea groups is 1. The zero-order valence-electron chi connectivity index (χ0n) is 24.3. The zero-order chi connectivity index (χ0) is 30.9. The highest BCUT2D eigenvalue weighted by Crippen LogP contribution is 2.31. The number of carbonyl (C=O) groups is 3. The van der Waals surface area contributed by atoms with Gasteiger partial charge in [-0.2, -0.15) is 0 Å². The molecule has 1 aliphatic rings. The van der Waals surface area contributed by atoms with Gasteiger partial charge in [0.2, 0.25) is 0 Å². The number of hydrogen-bond donors (Lipinski definition) is 2. The van der Waals surface area contributed by atoms with Crippen LogP contribution >= 0.6 is 11.6 Å². The Labute approximate surface area is 253 Å². The molecule has 0 aliphatic carbocycles. The molecule has 43 heavy (non-hydrogen) atoms. The lowest BCUT2D eigenvalue weighted by Gasteiger charge is -2.27. The Hall–Kier alpha value is -4.70. The summed E-state index contributed by atoms with van der Waals surface area (Å²) in [7, 11) is 0. The highest BCUT2D eigenvalue weighted by atomic mass is 35.5. The number of carbonyl (C=O) groups excluding carboxylic acids is 3. The topological polar surface area (TPSA) is 123 Å². The number of imide groups is 1. The molecule has 0 saturated carbocycles. The minimum Gasteiger partial charge on any atom is -0.493 e. The third-order valence-electron chi connectivity index (χ3n) is 7.28. The molecule has 11 heteroatoms. The van der Waals surface area contributed by atoms with Gasteiger partial charge in [0.1, 0.15) is 17.1 Å². The van der Waals surface area contributed by atoms with Crippen molar-refractivity contribution in [3.8, 4) is 5.75 Å². The first-order valence-corrected chi connectivity index (χ1v) is 14.3. The molecule has 1 unspecified atom stereocenters. The zero-order valence-corrected chi connectivity index (χ0v) is 25.1. The lowest BCUT2D eigenvalue weighted by Crippen LogP contribution is -2.46. The van der Waals surface area contributed by atoms with E-state index in [1.807, 2.05) is 32.0 Å². The van der Waals surface area contributed by atoms with Crippen molar-refractivity contribution in [2.45, 2.75) is 52.2 Å². The summed E-state index contributed by atoms with van der Waals surface area (Å²) in [6.45, 7) is 7.43. The highest BCUT2D eigenvalue weighted by Gasteiger charge is 2.51. The van der Waals surface area contributed by atoms with Gasteiger partial charge in [0, 0.05) is 6.54 Å². The molecule has 4 amide bonds. The van der Waals surface area contributed by atoms with Crippen LogP contribution in [0.1, 0.15) is 43.3 Å². The first-order valence-electron chi connectivity index (χ1n) is 13.9. The molecule has 1 aromatic heterocycles. The fourth-order valence-corrected chi connectivity index (χ4v) is 5.28. The summed E-state index contributed by atoms with van der Waals surface area (Å²) >= 11 is 6.31. The van der Waals surface area contributed by atoms with Gasteiger partial charge in [-0.1, -0.05) is 53.6 Å². The molecule has 3 aromatic carbocycles. The second-order valence-corrected chi connectivity index (χ2v) is 11.4. The van der Waals surface area contributed by atoms with E-state index < -0.39 is 35.0 Å². The molecule has 1 atom stereocenters. The summed E-state index contributed by atoms with van der Waals surface area (Å²) in [4.78, 5) is 60.1. The number of hydrogen-bond acceptors (Lipinski definition) is 6. The summed E-state index contributed by atoms with van der Waals surface area (Å²) in [5.74, 6) is -0.713. The van der Waals surface area contributed by atoms with Crippen LogP contribution in [-0.4, -0.2) is 44.4 Å². The van der Waals surface area contributed by atoms with Crippen LogP contribution in [0.25, 0.3) is 10.9 Å². The minimum atomic E-state index is -1.58. The first kappa shape index (κ1) is 29.8. The lowest BCUT2D eigenvalue weighted by atomic mass is 10.1. The number of para-hydroxylation sites is 2. The third kappa shape index (κ3) is 5.96. The molecular formula is C32H32ClN5O5. The smallest absolute Gasteiger partial charge is 0.326 e. The van der Waals surface area contributed by atoms with Crippen molar-refractivity contribution in [3.05, 3.63) is 99.1 Å². The number of aromatic nitrogens is 2. The molecule has 2 N–H and O–H groups in total. The van der Waals surface area contributed by atoms with Crippen molar-refractivity contribution >= 4 is 46.0 Å². The van der Waals surface area contributed by atoms with Gasteiger partial charge in [0.15, 0.2) is 6.04 Å². The van der Waals surface area contributed by atoms with Crippen molar-refractivity contribution in [2.24, 2.45) is 0 Å². The average molecular weight is 602 g/mol. The Kier molecular flexibility index (Phi) is 8.23. The molecule has 222 valence electrons. The lowest BCUT2D eigenvalue weighted by molar-refractivity contribution is -0.136. The van der Waals surface area contributed by atoms with Gasteiger partial charge in [-0.15, -0.1) is 0 Å². The number of fused-ring (bicyclic) bond motifs is 1. The monoisotopic (exact) mass is 601 g/mol. The predicted octanol–water partition coefficient (Wildman–Crippen LogP) is 5.15. The van der Waals surface area contributed by atoms with Crippen LogP contribution in [0, 0.1) is 13.8 Å². The quantitative estimate of drug-likeness (QED) is 0.202. The van der Waals surface area contributed by atoms with Crippen LogP contribution in [0.15, 0.2) is 71.5 Å². The fourth-order valence-electron chi connectivity index (χ4n) is 5.10. The van der Waals surface area contributed by atoms with Crippen LogP contribution in [0.2, 0.25) is 5.02 Å². The summed E-state index contributed by atoms with van der Waals surface area (Å²) in [5, 5.41) is 5.94. The summed E-state index contributed by atoms with van der Waals surface area (Å²) in [6, 6.07) is 16.8. The van der Waals surface area contributed by atoms with Crippen molar-refractivity contribution in [3.63, 3.8) is 0 Å². The number of amides is 4. The van der Waals surface area contributed by atoms with Crippen LogP contribution in [0.3, 0.4) is 0 Å². The molecule has 1 aliphatic heterocycles. The largest absolute Gasteiger partial charge is 0.493 e. The maximum absolute atomic E-state index is 14.0. The maximum atomic E-state index is 14.0. The second kappa shape index (κ2) is 11.9. The van der Waals surface area contributed by atoms with Crippen molar-refractivity contribution in [2.75, 3.05) is 11.9 Å². The maximum Gasteiger partial charge on any atom is 0.326 e. The summed E-state index contributed by atoms with van der Waals surface area (Å²) < 4.78 is 7.33. The highest BCUT2D eigenvalue weighted by molar-refractivity contribution is 6.33. The van der Waals surface area contributed by atoms with Gasteiger partial charge in [0.25, 0.3) is 17.4 Å². The van der Waals surface area contributed by atoms with E-state index in [9.17, 15) is 19.2 Å². The normalized spacial score (nSPS) is 15.0. The van der Waals surface area contributed by atoms with E-state index >= 15 is 0 Å². The Balaban J connectivity index is 1.57. The summed E-state index contributed by atoms with van der Waals surface area (Å²) in [6.07, 6.45) is 0.380. The fraction of sp³-hybridized carbons (Fsp3) is 0.281. The Morgan fingerprint density at radius 2 is 1.77 bits per heavy atom. The van der Waals surface area contributed by atoms with Gasteiger partial charge in [-0.25, -0.2) is 14.7 Å². The molecular weight excluding hydrogens is 570 g/mol. The SMILES string of the molecule is Cc1ccc(OCCCn2c(C(C(=O)Nc3ccccc3Cl)N3C(=O)NC(C)(C)C3=O)nc3ccccc3c2=O)c(C)c1. The number of aryl methyl sites for hydroxylation is 2. The van der Waals surface area contributed by atoms with Gasteiger partial charge < -0.3 is 15.4 Å². The Morgan fingerprint density at radius 1 is 1.05 bits per heavy atom. The van der Waals surface area contributed by atoms with E-state index in [1.165, 1.54) is 4.57 Å².